The smallest absolute Gasteiger partial charge is 0.169 e. The third-order valence-electron chi connectivity index (χ3n) is 3.85. The van der Waals surface area contributed by atoms with Gasteiger partial charge in [-0.1, -0.05) is 17.7 Å². The molecule has 0 aliphatic carbocycles. The Kier molecular flexibility index (Phi) is 4.44. The number of nitrogens with one attached hydrogen (secondary N) is 1. The van der Waals surface area contributed by atoms with Crippen molar-refractivity contribution in [2.45, 2.75) is 6.42 Å². The maximum atomic E-state index is 13.3. The number of rotatable bonds is 5. The van der Waals surface area contributed by atoms with E-state index in [0.29, 0.717) is 33.0 Å². The lowest BCUT2D eigenvalue weighted by Gasteiger charge is -2.08. The van der Waals surface area contributed by atoms with Gasteiger partial charge in [0, 0.05) is 46.8 Å². The molecule has 6 heteroatoms. The Morgan fingerprint density at radius 2 is 1.92 bits per heavy atom. The third-order valence-corrected chi connectivity index (χ3v) is 4.15. The number of ketones is 1. The molecule has 0 amide bonds. The summed E-state index contributed by atoms with van der Waals surface area (Å²) in [6.45, 7) is 0. The predicted molar refractivity (Wildman–Crippen MR) is 90.8 cm³/mol. The molecule has 4 nitrogen and oxygen atoms in total. The molecule has 0 fully saturated rings. The molecule has 0 saturated carbocycles. The van der Waals surface area contributed by atoms with Crippen molar-refractivity contribution in [1.29, 1.82) is 0 Å². The Bertz CT molecular complexity index is 920. The summed E-state index contributed by atoms with van der Waals surface area (Å²) in [5.41, 5.74) is 1.89. The number of carbonyl (C=O) groups excluding carboxylic acids is 1. The van der Waals surface area contributed by atoms with E-state index < -0.39 is 5.82 Å². The first-order valence-corrected chi connectivity index (χ1v) is 7.61. The van der Waals surface area contributed by atoms with Gasteiger partial charge in [-0.25, -0.2) is 4.39 Å². The first-order chi connectivity index (χ1) is 11.5. The lowest BCUT2D eigenvalue weighted by molar-refractivity contribution is 0.0993. The van der Waals surface area contributed by atoms with Crippen LogP contribution in [-0.4, -0.2) is 25.0 Å². The summed E-state index contributed by atoms with van der Waals surface area (Å²) in [6.07, 6.45) is 1.73. The maximum Gasteiger partial charge on any atom is 0.169 e. The van der Waals surface area contributed by atoms with Crippen LogP contribution in [0.5, 0.6) is 11.5 Å². The van der Waals surface area contributed by atoms with Gasteiger partial charge in [0.2, 0.25) is 0 Å². The molecule has 0 aliphatic rings. The van der Waals surface area contributed by atoms with E-state index in [4.69, 9.17) is 21.1 Å². The van der Waals surface area contributed by atoms with Crippen molar-refractivity contribution in [3.8, 4) is 11.5 Å². The number of aromatic nitrogens is 1. The molecule has 1 aromatic heterocycles. The molecule has 0 aliphatic heterocycles. The van der Waals surface area contributed by atoms with Gasteiger partial charge < -0.3 is 14.5 Å². The van der Waals surface area contributed by atoms with Crippen LogP contribution in [0.3, 0.4) is 0 Å². The zero-order valence-corrected chi connectivity index (χ0v) is 13.9. The number of methoxy groups -OCH3 is 2. The van der Waals surface area contributed by atoms with E-state index in [-0.39, 0.29) is 12.2 Å². The molecular formula is C18H15ClFNO3. The number of Topliss-reactive ketones (excluding diaryl/α,β-unsaturated/α-hetero) is 1. The zero-order valence-electron chi connectivity index (χ0n) is 13.2. The first-order valence-electron chi connectivity index (χ1n) is 7.23. The second-order valence-corrected chi connectivity index (χ2v) is 5.70. The fraction of sp³-hybridized carbons (Fsp3) is 0.167. The van der Waals surface area contributed by atoms with Crippen LogP contribution in [0.4, 0.5) is 4.39 Å². The van der Waals surface area contributed by atoms with Crippen LogP contribution in [0.15, 0.2) is 36.5 Å². The molecule has 124 valence electrons. The molecule has 0 spiro atoms. The quantitative estimate of drug-likeness (QED) is 0.696. The van der Waals surface area contributed by atoms with E-state index in [1.54, 1.807) is 24.4 Å². The Labute approximate surface area is 143 Å². The minimum absolute atomic E-state index is 0.0973. The van der Waals surface area contributed by atoms with Crippen molar-refractivity contribution in [2.24, 2.45) is 0 Å². The Balaban J connectivity index is 1.96. The number of aromatic amines is 1. The standard InChI is InChI=1S/C18H15ClFNO3/c1-23-17-6-11(20)4-3-10(17)5-16(22)13-9-21-15-8-18(24-2)14(19)7-12(13)15/h3-4,6-9,21H,5H2,1-2H3. The van der Waals surface area contributed by atoms with Crippen molar-refractivity contribution >= 4 is 28.3 Å². The molecule has 0 atom stereocenters. The molecule has 1 heterocycles. The second kappa shape index (κ2) is 6.53. The van der Waals surface area contributed by atoms with E-state index in [0.717, 1.165) is 5.52 Å². The maximum absolute atomic E-state index is 13.3. The molecule has 0 saturated heterocycles. The number of hydrogen-bond acceptors (Lipinski definition) is 3. The SMILES string of the molecule is COc1cc2[nH]cc(C(=O)Cc3ccc(F)cc3OC)c2cc1Cl. The molecule has 3 aromatic rings. The summed E-state index contributed by atoms with van der Waals surface area (Å²) in [6, 6.07) is 7.56. The van der Waals surface area contributed by atoms with Gasteiger partial charge in [-0.3, -0.25) is 4.79 Å². The highest BCUT2D eigenvalue weighted by Crippen LogP contribution is 2.32. The lowest BCUT2D eigenvalue weighted by Crippen LogP contribution is -2.04. The highest BCUT2D eigenvalue weighted by atomic mass is 35.5. The third kappa shape index (κ3) is 2.95. The average molecular weight is 348 g/mol. The van der Waals surface area contributed by atoms with Gasteiger partial charge in [-0.2, -0.15) is 0 Å². The van der Waals surface area contributed by atoms with Crippen molar-refractivity contribution in [1.82, 2.24) is 4.98 Å². The van der Waals surface area contributed by atoms with Crippen LogP contribution < -0.4 is 9.47 Å². The summed E-state index contributed by atoms with van der Waals surface area (Å²) in [4.78, 5) is 15.7. The van der Waals surface area contributed by atoms with Crippen LogP contribution in [0.2, 0.25) is 5.02 Å². The number of carbonyl (C=O) groups is 1. The first kappa shape index (κ1) is 16.3. The van der Waals surface area contributed by atoms with Crippen molar-refractivity contribution in [3.63, 3.8) is 0 Å². The number of hydrogen-bond donors (Lipinski definition) is 1. The fourth-order valence-corrected chi connectivity index (χ4v) is 2.88. The van der Waals surface area contributed by atoms with Crippen molar-refractivity contribution in [3.05, 3.63) is 58.5 Å². The normalized spacial score (nSPS) is 10.8. The Morgan fingerprint density at radius 1 is 1.17 bits per heavy atom. The summed E-state index contributed by atoms with van der Waals surface area (Å²) in [7, 11) is 2.98. The number of fused-ring (bicyclic) bond motifs is 1. The summed E-state index contributed by atoms with van der Waals surface area (Å²) < 4.78 is 23.6. The molecular weight excluding hydrogens is 333 g/mol. The summed E-state index contributed by atoms with van der Waals surface area (Å²) >= 11 is 6.15. The fourth-order valence-electron chi connectivity index (χ4n) is 2.64. The average Bonchev–Trinajstić information content (AvgIpc) is 2.98. The number of ether oxygens (including phenoxy) is 2. The summed E-state index contributed by atoms with van der Waals surface area (Å²) in [5, 5.41) is 1.14. The monoisotopic (exact) mass is 347 g/mol. The van der Waals surface area contributed by atoms with Crippen LogP contribution in [-0.2, 0) is 6.42 Å². The molecule has 0 radical (unpaired) electrons. The van der Waals surface area contributed by atoms with Gasteiger partial charge in [-0.15, -0.1) is 0 Å². The van der Waals surface area contributed by atoms with Gasteiger partial charge in [0.15, 0.2) is 5.78 Å². The highest BCUT2D eigenvalue weighted by Gasteiger charge is 2.17. The van der Waals surface area contributed by atoms with Crippen molar-refractivity contribution < 1.29 is 18.7 Å². The predicted octanol–water partition coefficient (Wildman–Crippen LogP) is 4.40. The summed E-state index contributed by atoms with van der Waals surface area (Å²) in [5.74, 6) is 0.356. The van der Waals surface area contributed by atoms with Crippen LogP contribution in [0.25, 0.3) is 10.9 Å². The van der Waals surface area contributed by atoms with Crippen molar-refractivity contribution in [2.75, 3.05) is 14.2 Å². The minimum atomic E-state index is -0.408. The van der Waals surface area contributed by atoms with Gasteiger partial charge >= 0.3 is 0 Å². The molecule has 24 heavy (non-hydrogen) atoms. The number of halogens is 2. The topological polar surface area (TPSA) is 51.3 Å². The molecule has 0 bridgehead atoms. The number of benzene rings is 2. The lowest BCUT2D eigenvalue weighted by atomic mass is 10.0. The zero-order chi connectivity index (χ0) is 17.3. The van der Waals surface area contributed by atoms with Crippen LogP contribution in [0.1, 0.15) is 15.9 Å². The van der Waals surface area contributed by atoms with Gasteiger partial charge in [0.1, 0.15) is 17.3 Å². The second-order valence-electron chi connectivity index (χ2n) is 5.29. The van der Waals surface area contributed by atoms with Crippen LogP contribution >= 0.6 is 11.6 Å². The minimum Gasteiger partial charge on any atom is -0.496 e. The van der Waals surface area contributed by atoms with E-state index in [1.165, 1.54) is 26.4 Å². The molecule has 2 aromatic carbocycles. The van der Waals surface area contributed by atoms with Crippen LogP contribution in [0, 0.1) is 5.82 Å². The highest BCUT2D eigenvalue weighted by molar-refractivity contribution is 6.33. The van der Waals surface area contributed by atoms with E-state index in [1.807, 2.05) is 0 Å². The van der Waals surface area contributed by atoms with E-state index in [2.05, 4.69) is 4.98 Å². The van der Waals surface area contributed by atoms with E-state index >= 15 is 0 Å². The Morgan fingerprint density at radius 3 is 2.62 bits per heavy atom. The van der Waals surface area contributed by atoms with E-state index in [9.17, 15) is 9.18 Å². The molecule has 1 N–H and O–H groups in total. The molecule has 3 rings (SSSR count). The number of H-pyrrole nitrogens is 1. The Hall–Kier alpha value is -2.53. The van der Waals surface area contributed by atoms with Gasteiger partial charge in [0.05, 0.1) is 19.2 Å². The molecule has 0 unspecified atom stereocenters. The van der Waals surface area contributed by atoms with Gasteiger partial charge in [0.25, 0.3) is 0 Å². The van der Waals surface area contributed by atoms with Gasteiger partial charge in [-0.05, 0) is 12.1 Å². The largest absolute Gasteiger partial charge is 0.496 e.